The van der Waals surface area contributed by atoms with Crippen molar-refractivity contribution in [1.29, 1.82) is 0 Å². The molecular formula is C31H27N3O3S. The number of thioether (sulfide) groups is 1. The summed E-state index contributed by atoms with van der Waals surface area (Å²) in [5.41, 5.74) is 3.61. The highest BCUT2D eigenvalue weighted by Crippen LogP contribution is 2.26. The number of hydrogen-bond donors (Lipinski definition) is 0. The summed E-state index contributed by atoms with van der Waals surface area (Å²) in [5.74, 6) is 1.16. The standard InChI is InChI=1S/C31H27N3O3S/c1-33(20-22-10-5-3-6-11-22)29(35)24-16-17-27-28(18-24)32-31(38-21-23-12-7-4-8-13-23)34(30(27)36)25-14-9-15-26(19-25)37-2/h3-19H,20-21H2,1-2H3. The second kappa shape index (κ2) is 11.4. The average molecular weight is 522 g/mol. The lowest BCUT2D eigenvalue weighted by molar-refractivity contribution is 0.0785. The van der Waals surface area contributed by atoms with E-state index in [1.54, 1.807) is 41.8 Å². The first-order chi connectivity index (χ1) is 18.5. The summed E-state index contributed by atoms with van der Waals surface area (Å²) in [4.78, 5) is 33.6. The SMILES string of the molecule is COc1cccc(-n2c(SCc3ccccc3)nc3cc(C(=O)N(C)Cc4ccccc4)ccc3c2=O)c1. The molecule has 1 aromatic heterocycles. The van der Waals surface area contributed by atoms with Crippen LogP contribution >= 0.6 is 11.8 Å². The maximum Gasteiger partial charge on any atom is 0.266 e. The van der Waals surface area contributed by atoms with Crippen LogP contribution in [-0.2, 0) is 12.3 Å². The molecule has 0 spiro atoms. The van der Waals surface area contributed by atoms with Crippen molar-refractivity contribution in [3.63, 3.8) is 0 Å². The Balaban J connectivity index is 1.55. The van der Waals surface area contributed by atoms with E-state index in [4.69, 9.17) is 9.72 Å². The molecule has 0 aliphatic heterocycles. The van der Waals surface area contributed by atoms with Crippen molar-refractivity contribution in [1.82, 2.24) is 14.5 Å². The van der Waals surface area contributed by atoms with Gasteiger partial charge in [-0.25, -0.2) is 4.98 Å². The molecular weight excluding hydrogens is 494 g/mol. The molecule has 0 saturated carbocycles. The Bertz CT molecular complexity index is 1640. The number of aromatic nitrogens is 2. The number of fused-ring (bicyclic) bond motifs is 1. The number of amides is 1. The fourth-order valence-corrected chi connectivity index (χ4v) is 5.21. The van der Waals surface area contributed by atoms with Crippen LogP contribution in [0.25, 0.3) is 16.6 Å². The first kappa shape index (κ1) is 25.3. The minimum absolute atomic E-state index is 0.131. The molecule has 7 heteroatoms. The van der Waals surface area contributed by atoms with Gasteiger partial charge in [-0.2, -0.15) is 0 Å². The maximum atomic E-state index is 13.8. The Kier molecular flexibility index (Phi) is 7.56. The molecule has 4 aromatic carbocycles. The van der Waals surface area contributed by atoms with Crippen LogP contribution in [0.15, 0.2) is 113 Å². The van der Waals surface area contributed by atoms with Crippen LogP contribution in [0, 0.1) is 0 Å². The van der Waals surface area contributed by atoms with Crippen LogP contribution in [0.5, 0.6) is 5.75 Å². The third-order valence-corrected chi connectivity index (χ3v) is 7.23. The van der Waals surface area contributed by atoms with Gasteiger partial charge in [-0.1, -0.05) is 78.5 Å². The number of ether oxygens (including phenoxy) is 1. The van der Waals surface area contributed by atoms with Gasteiger partial charge in [-0.15, -0.1) is 0 Å². The van der Waals surface area contributed by atoms with Crippen LogP contribution in [0.1, 0.15) is 21.5 Å². The molecule has 0 saturated heterocycles. The molecule has 6 nitrogen and oxygen atoms in total. The zero-order chi connectivity index (χ0) is 26.5. The zero-order valence-corrected chi connectivity index (χ0v) is 22.0. The molecule has 38 heavy (non-hydrogen) atoms. The van der Waals surface area contributed by atoms with Crippen molar-refractivity contribution in [2.24, 2.45) is 0 Å². The topological polar surface area (TPSA) is 64.4 Å². The summed E-state index contributed by atoms with van der Waals surface area (Å²) < 4.78 is 7.01. The summed E-state index contributed by atoms with van der Waals surface area (Å²) in [6, 6.07) is 32.3. The van der Waals surface area contributed by atoms with Gasteiger partial charge in [-0.05, 0) is 41.5 Å². The number of hydrogen-bond acceptors (Lipinski definition) is 5. The Hall–Kier alpha value is -4.36. The maximum absolute atomic E-state index is 13.8. The van der Waals surface area contributed by atoms with Gasteiger partial charge in [0.1, 0.15) is 5.75 Å². The van der Waals surface area contributed by atoms with E-state index in [1.165, 1.54) is 11.8 Å². The Morgan fingerprint density at radius 1 is 0.895 bits per heavy atom. The van der Waals surface area contributed by atoms with Crippen molar-refractivity contribution >= 4 is 28.6 Å². The van der Waals surface area contributed by atoms with Crippen LogP contribution in [0.4, 0.5) is 0 Å². The van der Waals surface area contributed by atoms with Crippen molar-refractivity contribution in [3.05, 3.63) is 130 Å². The molecule has 190 valence electrons. The summed E-state index contributed by atoms with van der Waals surface area (Å²) >= 11 is 1.48. The highest BCUT2D eigenvalue weighted by Gasteiger charge is 2.18. The summed E-state index contributed by atoms with van der Waals surface area (Å²) in [5, 5.41) is 0.987. The van der Waals surface area contributed by atoms with E-state index in [0.29, 0.717) is 45.4 Å². The minimum Gasteiger partial charge on any atom is -0.497 e. The molecule has 0 unspecified atom stereocenters. The lowest BCUT2D eigenvalue weighted by atomic mass is 10.1. The normalized spacial score (nSPS) is 10.9. The molecule has 1 amide bonds. The van der Waals surface area contributed by atoms with E-state index in [0.717, 1.165) is 11.1 Å². The lowest BCUT2D eigenvalue weighted by Gasteiger charge is -2.18. The van der Waals surface area contributed by atoms with Gasteiger partial charge >= 0.3 is 0 Å². The molecule has 0 N–H and O–H groups in total. The quantitative estimate of drug-likeness (QED) is 0.186. The van der Waals surface area contributed by atoms with Crippen LogP contribution < -0.4 is 10.3 Å². The average Bonchev–Trinajstić information content (AvgIpc) is 2.96. The van der Waals surface area contributed by atoms with E-state index < -0.39 is 0 Å². The van der Waals surface area contributed by atoms with Crippen LogP contribution in [-0.4, -0.2) is 34.5 Å². The molecule has 0 atom stereocenters. The molecule has 0 bridgehead atoms. The third-order valence-electron chi connectivity index (χ3n) is 6.22. The molecule has 5 aromatic rings. The highest BCUT2D eigenvalue weighted by atomic mass is 32.2. The van der Waals surface area contributed by atoms with E-state index in [9.17, 15) is 9.59 Å². The predicted molar refractivity (Wildman–Crippen MR) is 152 cm³/mol. The number of methoxy groups -OCH3 is 1. The Morgan fingerprint density at radius 2 is 1.61 bits per heavy atom. The predicted octanol–water partition coefficient (Wildman–Crippen LogP) is 5.96. The lowest BCUT2D eigenvalue weighted by Crippen LogP contribution is -2.26. The number of carbonyl (C=O) groups is 1. The second-order valence-electron chi connectivity index (χ2n) is 8.89. The van der Waals surface area contributed by atoms with Gasteiger partial charge in [0, 0.05) is 31.0 Å². The second-order valence-corrected chi connectivity index (χ2v) is 9.83. The minimum atomic E-state index is -0.199. The number of benzene rings is 4. The van der Waals surface area contributed by atoms with Gasteiger partial charge in [0.15, 0.2) is 5.16 Å². The van der Waals surface area contributed by atoms with E-state index >= 15 is 0 Å². The summed E-state index contributed by atoms with van der Waals surface area (Å²) in [6.45, 7) is 0.487. The van der Waals surface area contributed by atoms with Gasteiger partial charge in [-0.3, -0.25) is 14.2 Å². The fourth-order valence-electron chi connectivity index (χ4n) is 4.24. The van der Waals surface area contributed by atoms with Crippen molar-refractivity contribution in [3.8, 4) is 11.4 Å². The van der Waals surface area contributed by atoms with Crippen molar-refractivity contribution < 1.29 is 9.53 Å². The number of rotatable bonds is 8. The highest BCUT2D eigenvalue weighted by molar-refractivity contribution is 7.98. The molecule has 0 radical (unpaired) electrons. The van der Waals surface area contributed by atoms with Gasteiger partial charge < -0.3 is 9.64 Å². The van der Waals surface area contributed by atoms with E-state index in [2.05, 4.69) is 0 Å². The van der Waals surface area contributed by atoms with E-state index in [-0.39, 0.29) is 11.5 Å². The third kappa shape index (κ3) is 5.48. The molecule has 0 fully saturated rings. The Morgan fingerprint density at radius 3 is 2.32 bits per heavy atom. The molecule has 5 rings (SSSR count). The summed E-state index contributed by atoms with van der Waals surface area (Å²) in [7, 11) is 3.37. The van der Waals surface area contributed by atoms with Gasteiger partial charge in [0.25, 0.3) is 11.5 Å². The smallest absolute Gasteiger partial charge is 0.266 e. The molecule has 0 aliphatic carbocycles. The molecule has 0 aliphatic rings. The largest absolute Gasteiger partial charge is 0.497 e. The number of nitrogens with zero attached hydrogens (tertiary/aromatic N) is 3. The zero-order valence-electron chi connectivity index (χ0n) is 21.2. The first-order valence-corrected chi connectivity index (χ1v) is 13.2. The van der Waals surface area contributed by atoms with Crippen molar-refractivity contribution in [2.75, 3.05) is 14.2 Å². The van der Waals surface area contributed by atoms with Gasteiger partial charge in [0.2, 0.25) is 0 Å². The van der Waals surface area contributed by atoms with Crippen LogP contribution in [0.3, 0.4) is 0 Å². The Labute approximate surface area is 225 Å². The fraction of sp³-hybridized carbons (Fsp3) is 0.129. The van der Waals surface area contributed by atoms with Crippen LogP contribution in [0.2, 0.25) is 0 Å². The first-order valence-electron chi connectivity index (χ1n) is 12.2. The van der Waals surface area contributed by atoms with Gasteiger partial charge in [0.05, 0.1) is 23.7 Å². The summed E-state index contributed by atoms with van der Waals surface area (Å²) in [6.07, 6.45) is 0. The van der Waals surface area contributed by atoms with Crippen molar-refractivity contribution in [2.45, 2.75) is 17.5 Å². The molecule has 1 heterocycles. The van der Waals surface area contributed by atoms with E-state index in [1.807, 2.05) is 84.9 Å². The number of carbonyl (C=O) groups excluding carboxylic acids is 1. The monoisotopic (exact) mass is 521 g/mol.